The average Bonchev–Trinajstić information content (AvgIpc) is 2.73. The lowest BCUT2D eigenvalue weighted by atomic mass is 10.2. The molecule has 0 fully saturated rings. The zero-order valence-corrected chi connectivity index (χ0v) is 16.0. The Morgan fingerprint density at radius 3 is 2.66 bits per heavy atom. The number of esters is 1. The molecule has 0 unspecified atom stereocenters. The zero-order valence-electron chi connectivity index (χ0n) is 16.0. The van der Waals surface area contributed by atoms with Gasteiger partial charge in [-0.1, -0.05) is 6.07 Å². The third-order valence-corrected chi connectivity index (χ3v) is 4.09. The summed E-state index contributed by atoms with van der Waals surface area (Å²) in [5, 5.41) is 12.3. The van der Waals surface area contributed by atoms with E-state index in [1.165, 1.54) is 32.3 Å². The van der Waals surface area contributed by atoms with Crippen LogP contribution in [-0.2, 0) is 14.3 Å². The van der Waals surface area contributed by atoms with E-state index in [9.17, 15) is 14.7 Å². The topological polar surface area (TPSA) is 103 Å². The van der Waals surface area contributed by atoms with Gasteiger partial charge in [0.05, 0.1) is 7.11 Å². The van der Waals surface area contributed by atoms with Crippen LogP contribution in [0.4, 0.5) is 5.69 Å². The van der Waals surface area contributed by atoms with Gasteiger partial charge in [-0.15, -0.1) is 0 Å². The van der Waals surface area contributed by atoms with Gasteiger partial charge in [0.1, 0.15) is 13.2 Å². The van der Waals surface area contributed by atoms with Crippen LogP contribution in [0, 0.1) is 0 Å². The third kappa shape index (κ3) is 5.19. The number of ether oxygens (including phenoxy) is 4. The number of rotatable bonds is 6. The maximum atomic E-state index is 12.3. The number of phenolic OH excluding ortho intramolecular Hbond substituents is 1. The van der Waals surface area contributed by atoms with Gasteiger partial charge in [0.25, 0.3) is 5.91 Å². The predicted molar refractivity (Wildman–Crippen MR) is 105 cm³/mol. The normalized spacial score (nSPS) is 13.6. The number of carbonyl (C=O) groups excluding carboxylic acids is 2. The molecule has 2 N–H and O–H groups in total. The van der Waals surface area contributed by atoms with Gasteiger partial charge in [0, 0.05) is 17.8 Å². The Kier molecular flexibility index (Phi) is 6.23. The summed E-state index contributed by atoms with van der Waals surface area (Å²) in [4.78, 5) is 24.3. The number of nitrogens with one attached hydrogen (secondary N) is 1. The minimum absolute atomic E-state index is 0.00309. The minimum atomic E-state index is -1.00. The smallest absolute Gasteiger partial charge is 0.331 e. The van der Waals surface area contributed by atoms with Gasteiger partial charge >= 0.3 is 5.97 Å². The summed E-state index contributed by atoms with van der Waals surface area (Å²) in [5.41, 5.74) is 1.14. The molecule has 0 aliphatic carbocycles. The maximum absolute atomic E-state index is 12.3. The maximum Gasteiger partial charge on any atom is 0.331 e. The highest BCUT2D eigenvalue weighted by atomic mass is 16.6. The number of fused-ring (bicyclic) bond motifs is 1. The van der Waals surface area contributed by atoms with Gasteiger partial charge in [-0.3, -0.25) is 4.79 Å². The van der Waals surface area contributed by atoms with Crippen LogP contribution in [0.25, 0.3) is 6.08 Å². The molecular weight excluding hydrogens is 378 g/mol. The third-order valence-electron chi connectivity index (χ3n) is 4.09. The number of phenols is 1. The van der Waals surface area contributed by atoms with Crippen LogP contribution in [0.1, 0.15) is 12.5 Å². The van der Waals surface area contributed by atoms with Gasteiger partial charge < -0.3 is 29.4 Å². The number of amides is 1. The van der Waals surface area contributed by atoms with E-state index in [1.54, 1.807) is 30.3 Å². The molecule has 1 amide bonds. The van der Waals surface area contributed by atoms with E-state index in [0.717, 1.165) is 0 Å². The first-order valence-electron chi connectivity index (χ1n) is 8.92. The molecule has 0 saturated carbocycles. The summed E-state index contributed by atoms with van der Waals surface area (Å²) < 4.78 is 21.0. The predicted octanol–water partition coefficient (Wildman–Crippen LogP) is 2.76. The van der Waals surface area contributed by atoms with Crippen molar-refractivity contribution < 1.29 is 33.6 Å². The van der Waals surface area contributed by atoms with E-state index in [2.05, 4.69) is 5.32 Å². The monoisotopic (exact) mass is 399 g/mol. The second-order valence-electron chi connectivity index (χ2n) is 6.19. The fourth-order valence-corrected chi connectivity index (χ4v) is 2.59. The van der Waals surface area contributed by atoms with Crippen LogP contribution >= 0.6 is 0 Å². The Morgan fingerprint density at radius 1 is 1.14 bits per heavy atom. The van der Waals surface area contributed by atoms with Gasteiger partial charge in [-0.05, 0) is 42.8 Å². The Morgan fingerprint density at radius 2 is 1.90 bits per heavy atom. The molecule has 0 radical (unpaired) electrons. The fourth-order valence-electron chi connectivity index (χ4n) is 2.59. The molecule has 2 aromatic carbocycles. The Bertz CT molecular complexity index is 939. The first-order valence-corrected chi connectivity index (χ1v) is 8.92. The van der Waals surface area contributed by atoms with E-state index >= 15 is 0 Å². The molecule has 1 aliphatic rings. The van der Waals surface area contributed by atoms with Crippen molar-refractivity contribution in [2.75, 3.05) is 25.6 Å². The summed E-state index contributed by atoms with van der Waals surface area (Å²) >= 11 is 0. The van der Waals surface area contributed by atoms with Gasteiger partial charge in [-0.2, -0.15) is 0 Å². The summed E-state index contributed by atoms with van der Waals surface area (Å²) in [6, 6.07) is 9.66. The number of carbonyl (C=O) groups is 2. The summed E-state index contributed by atoms with van der Waals surface area (Å²) in [7, 11) is 1.43. The lowest BCUT2D eigenvalue weighted by Gasteiger charge is -2.19. The van der Waals surface area contributed by atoms with Crippen molar-refractivity contribution in [1.82, 2.24) is 0 Å². The Labute approximate surface area is 167 Å². The van der Waals surface area contributed by atoms with Gasteiger partial charge in [0.15, 0.2) is 29.1 Å². The van der Waals surface area contributed by atoms with Gasteiger partial charge in [-0.25, -0.2) is 4.79 Å². The standard InChI is InChI=1S/C21H21NO7/c1-13(21(25)22-15-5-7-17-19(12-15)28-10-9-27-17)29-20(24)8-4-14-3-6-16(23)18(11-14)26-2/h3-8,11-13,23H,9-10H2,1-2H3,(H,22,25)/b8-4+/t13-/m0/s1. The lowest BCUT2D eigenvalue weighted by Crippen LogP contribution is -2.29. The second kappa shape index (κ2) is 9.01. The van der Waals surface area contributed by atoms with E-state index < -0.39 is 18.0 Å². The first kappa shape index (κ1) is 20.1. The number of anilines is 1. The molecule has 0 bridgehead atoms. The van der Waals surface area contributed by atoms with Crippen molar-refractivity contribution in [3.63, 3.8) is 0 Å². The quantitative estimate of drug-likeness (QED) is 0.569. The molecular formula is C21H21NO7. The highest BCUT2D eigenvalue weighted by Crippen LogP contribution is 2.32. The molecule has 1 aliphatic heterocycles. The van der Waals surface area contributed by atoms with Crippen LogP contribution in [0.15, 0.2) is 42.5 Å². The Hall–Kier alpha value is -3.68. The van der Waals surface area contributed by atoms with Crippen LogP contribution in [0.5, 0.6) is 23.0 Å². The summed E-state index contributed by atoms with van der Waals surface area (Å²) in [6.45, 7) is 2.40. The van der Waals surface area contributed by atoms with Crippen molar-refractivity contribution in [3.8, 4) is 23.0 Å². The molecule has 152 valence electrons. The van der Waals surface area contributed by atoms with E-state index in [-0.39, 0.29) is 11.5 Å². The molecule has 0 aromatic heterocycles. The van der Waals surface area contributed by atoms with Crippen molar-refractivity contribution in [3.05, 3.63) is 48.0 Å². The highest BCUT2D eigenvalue weighted by Gasteiger charge is 2.18. The molecule has 3 rings (SSSR count). The second-order valence-corrected chi connectivity index (χ2v) is 6.19. The molecule has 8 heteroatoms. The molecule has 29 heavy (non-hydrogen) atoms. The molecule has 2 aromatic rings. The summed E-state index contributed by atoms with van der Waals surface area (Å²) in [5.74, 6) is 0.289. The number of hydrogen-bond donors (Lipinski definition) is 2. The van der Waals surface area contributed by atoms with E-state index in [1.807, 2.05) is 0 Å². The molecule has 0 saturated heterocycles. The zero-order chi connectivity index (χ0) is 20.8. The summed E-state index contributed by atoms with van der Waals surface area (Å²) in [6.07, 6.45) is 1.68. The lowest BCUT2D eigenvalue weighted by molar-refractivity contribution is -0.148. The SMILES string of the molecule is COc1cc(/C=C/C(=O)O[C@@H](C)C(=O)Nc2ccc3c(c2)OCCO3)ccc1O. The van der Waals surface area contributed by atoms with E-state index in [4.69, 9.17) is 18.9 Å². The molecule has 1 heterocycles. The van der Waals surface area contributed by atoms with Crippen LogP contribution in [0.3, 0.4) is 0 Å². The number of aromatic hydroxyl groups is 1. The van der Waals surface area contributed by atoms with Gasteiger partial charge in [0.2, 0.25) is 0 Å². The molecule has 1 atom stereocenters. The Balaban J connectivity index is 1.55. The molecule has 0 spiro atoms. The molecule has 8 nitrogen and oxygen atoms in total. The first-order chi connectivity index (χ1) is 14.0. The van der Waals surface area contributed by atoms with Crippen molar-refractivity contribution in [2.45, 2.75) is 13.0 Å². The van der Waals surface area contributed by atoms with Crippen molar-refractivity contribution in [1.29, 1.82) is 0 Å². The highest BCUT2D eigenvalue weighted by molar-refractivity contribution is 5.96. The average molecular weight is 399 g/mol. The fraction of sp³-hybridized carbons (Fsp3) is 0.238. The number of hydrogen-bond acceptors (Lipinski definition) is 7. The largest absolute Gasteiger partial charge is 0.504 e. The number of methoxy groups -OCH3 is 1. The van der Waals surface area contributed by atoms with Crippen LogP contribution in [-0.4, -0.2) is 43.4 Å². The minimum Gasteiger partial charge on any atom is -0.504 e. The van der Waals surface area contributed by atoms with Crippen LogP contribution in [0.2, 0.25) is 0 Å². The van der Waals surface area contributed by atoms with Crippen molar-refractivity contribution in [2.24, 2.45) is 0 Å². The number of benzene rings is 2. The van der Waals surface area contributed by atoms with Crippen LogP contribution < -0.4 is 19.5 Å². The van der Waals surface area contributed by atoms with E-state index in [0.29, 0.717) is 36.0 Å². The van der Waals surface area contributed by atoms with Crippen molar-refractivity contribution >= 4 is 23.6 Å².